The Morgan fingerprint density at radius 2 is 1.90 bits per heavy atom. The molecule has 0 aromatic heterocycles. The van der Waals surface area contributed by atoms with Crippen LogP contribution in [-0.2, 0) is 4.79 Å². The van der Waals surface area contributed by atoms with E-state index in [1.165, 1.54) is 32.1 Å². The van der Waals surface area contributed by atoms with Crippen molar-refractivity contribution >= 4 is 5.91 Å². The summed E-state index contributed by atoms with van der Waals surface area (Å²) in [6, 6.07) is 0. The minimum Gasteiger partial charge on any atom is -0.395 e. The smallest absolute Gasteiger partial charge is 0.223 e. The predicted molar refractivity (Wildman–Crippen MR) is 82.9 cm³/mol. The topological polar surface area (TPSA) is 52.6 Å². The van der Waals surface area contributed by atoms with Gasteiger partial charge in [-0.05, 0) is 56.5 Å². The van der Waals surface area contributed by atoms with Crippen LogP contribution in [0.3, 0.4) is 0 Å². The van der Waals surface area contributed by atoms with Gasteiger partial charge in [0.15, 0.2) is 0 Å². The van der Waals surface area contributed by atoms with Crippen molar-refractivity contribution in [3.8, 4) is 0 Å². The molecule has 3 rings (SSSR count). The molecule has 4 nitrogen and oxygen atoms in total. The van der Waals surface area contributed by atoms with Gasteiger partial charge in [-0.15, -0.1) is 0 Å². The van der Waals surface area contributed by atoms with E-state index in [4.69, 9.17) is 5.11 Å². The Labute approximate surface area is 128 Å². The monoisotopic (exact) mass is 294 g/mol. The summed E-state index contributed by atoms with van der Waals surface area (Å²) in [5.41, 5.74) is 0.410. The maximum absolute atomic E-state index is 12.3. The van der Waals surface area contributed by atoms with Gasteiger partial charge in [0.25, 0.3) is 0 Å². The predicted octanol–water partition coefficient (Wildman–Crippen LogP) is 1.78. The number of nitrogens with zero attached hydrogens (tertiary/aromatic N) is 1. The molecule has 1 aliphatic heterocycles. The second kappa shape index (κ2) is 6.66. The first-order valence-corrected chi connectivity index (χ1v) is 8.84. The normalized spacial score (nSPS) is 29.5. The average molecular weight is 294 g/mol. The van der Waals surface area contributed by atoms with Gasteiger partial charge in [0.1, 0.15) is 0 Å². The summed E-state index contributed by atoms with van der Waals surface area (Å²) in [6.07, 6.45) is 10.0. The number of carbonyl (C=O) groups excluding carboxylic acids is 1. The second-order valence-corrected chi connectivity index (χ2v) is 7.43. The summed E-state index contributed by atoms with van der Waals surface area (Å²) in [7, 11) is 0. The molecule has 120 valence electrons. The van der Waals surface area contributed by atoms with Crippen molar-refractivity contribution in [1.29, 1.82) is 0 Å². The van der Waals surface area contributed by atoms with Gasteiger partial charge in [0.05, 0.1) is 6.61 Å². The van der Waals surface area contributed by atoms with Crippen LogP contribution in [-0.4, -0.2) is 48.7 Å². The number of rotatable bonds is 5. The molecule has 1 amide bonds. The van der Waals surface area contributed by atoms with E-state index in [2.05, 4.69) is 10.2 Å². The molecule has 4 heteroatoms. The molecule has 1 atom stereocenters. The van der Waals surface area contributed by atoms with Gasteiger partial charge < -0.3 is 15.3 Å². The van der Waals surface area contributed by atoms with Crippen LogP contribution in [0, 0.1) is 17.3 Å². The van der Waals surface area contributed by atoms with Crippen molar-refractivity contribution in [2.24, 2.45) is 17.3 Å². The standard InChI is InChI=1S/C17H30N2O2/c20-11-10-19-8-4-14(5-9-19)13-18-16(21)15-12-17(15)6-2-1-3-7-17/h14-15,20H,1-13H2,(H,18,21). The van der Waals surface area contributed by atoms with Crippen LogP contribution in [0.5, 0.6) is 0 Å². The van der Waals surface area contributed by atoms with Crippen molar-refractivity contribution in [3.05, 3.63) is 0 Å². The number of carbonyl (C=O) groups is 1. The lowest BCUT2D eigenvalue weighted by Crippen LogP contribution is -2.40. The second-order valence-electron chi connectivity index (χ2n) is 7.43. The molecule has 3 aliphatic rings. The zero-order valence-corrected chi connectivity index (χ0v) is 13.1. The SMILES string of the molecule is O=C(NCC1CCN(CCO)CC1)C1CC12CCCCC2. The highest BCUT2D eigenvalue weighted by molar-refractivity contribution is 5.82. The highest BCUT2D eigenvalue weighted by Gasteiger charge is 2.57. The molecule has 3 fully saturated rings. The Bertz CT molecular complexity index is 358. The van der Waals surface area contributed by atoms with Crippen LogP contribution < -0.4 is 5.32 Å². The van der Waals surface area contributed by atoms with Gasteiger partial charge in [0.2, 0.25) is 5.91 Å². The summed E-state index contributed by atoms with van der Waals surface area (Å²) < 4.78 is 0. The average Bonchev–Trinajstić information content (AvgIpc) is 3.20. The third kappa shape index (κ3) is 3.59. The van der Waals surface area contributed by atoms with Crippen LogP contribution in [0.4, 0.5) is 0 Å². The molecule has 1 heterocycles. The number of aliphatic hydroxyl groups excluding tert-OH is 1. The minimum absolute atomic E-state index is 0.255. The molecule has 0 bridgehead atoms. The fourth-order valence-electron chi connectivity index (χ4n) is 4.45. The first-order chi connectivity index (χ1) is 10.2. The van der Waals surface area contributed by atoms with Gasteiger partial charge in [-0.2, -0.15) is 0 Å². The van der Waals surface area contributed by atoms with E-state index in [1.807, 2.05) is 0 Å². The zero-order chi connectivity index (χ0) is 14.7. The third-order valence-corrected chi connectivity index (χ3v) is 6.04. The molecule has 1 saturated heterocycles. The van der Waals surface area contributed by atoms with Crippen LogP contribution >= 0.6 is 0 Å². The fraction of sp³-hybridized carbons (Fsp3) is 0.941. The van der Waals surface area contributed by atoms with Gasteiger partial charge in [0, 0.05) is 19.0 Å². The Kier molecular flexibility index (Phi) is 4.85. The molecule has 1 spiro atoms. The number of nitrogens with one attached hydrogen (secondary N) is 1. The van der Waals surface area contributed by atoms with E-state index in [9.17, 15) is 4.79 Å². The Balaban J connectivity index is 1.35. The molecule has 1 unspecified atom stereocenters. The molecule has 0 aromatic carbocycles. The zero-order valence-electron chi connectivity index (χ0n) is 13.1. The molecule has 2 N–H and O–H groups in total. The summed E-state index contributed by atoms with van der Waals surface area (Å²) in [6.45, 7) is 4.04. The van der Waals surface area contributed by atoms with E-state index in [1.54, 1.807) is 0 Å². The van der Waals surface area contributed by atoms with Gasteiger partial charge in [-0.25, -0.2) is 0 Å². The molecule has 2 saturated carbocycles. The number of hydrogen-bond donors (Lipinski definition) is 2. The maximum atomic E-state index is 12.3. The molecule has 2 aliphatic carbocycles. The highest BCUT2D eigenvalue weighted by Crippen LogP contribution is 2.61. The van der Waals surface area contributed by atoms with Gasteiger partial charge in [-0.3, -0.25) is 4.79 Å². The summed E-state index contributed by atoms with van der Waals surface area (Å²) in [4.78, 5) is 14.6. The summed E-state index contributed by atoms with van der Waals surface area (Å²) in [5.74, 6) is 1.28. The fourth-order valence-corrected chi connectivity index (χ4v) is 4.45. The van der Waals surface area contributed by atoms with E-state index < -0.39 is 0 Å². The first-order valence-electron chi connectivity index (χ1n) is 8.84. The minimum atomic E-state index is 0.255. The van der Waals surface area contributed by atoms with Crippen molar-refractivity contribution in [2.75, 3.05) is 32.8 Å². The Morgan fingerprint density at radius 3 is 2.57 bits per heavy atom. The molecule has 0 radical (unpaired) electrons. The Morgan fingerprint density at radius 1 is 1.19 bits per heavy atom. The van der Waals surface area contributed by atoms with Crippen LogP contribution in [0.2, 0.25) is 0 Å². The van der Waals surface area contributed by atoms with Crippen molar-refractivity contribution in [3.63, 3.8) is 0 Å². The van der Waals surface area contributed by atoms with Gasteiger partial charge in [-0.1, -0.05) is 19.3 Å². The third-order valence-electron chi connectivity index (χ3n) is 6.04. The molecular formula is C17H30N2O2. The molecular weight excluding hydrogens is 264 g/mol. The van der Waals surface area contributed by atoms with Crippen LogP contribution in [0.15, 0.2) is 0 Å². The number of aliphatic hydroxyl groups is 1. The highest BCUT2D eigenvalue weighted by atomic mass is 16.3. The summed E-state index contributed by atoms with van der Waals surface area (Å²) >= 11 is 0. The van der Waals surface area contributed by atoms with Crippen molar-refractivity contribution in [2.45, 2.75) is 51.4 Å². The number of amides is 1. The number of piperidine rings is 1. The summed E-state index contributed by atoms with van der Waals surface area (Å²) in [5, 5.41) is 12.2. The number of hydrogen-bond acceptors (Lipinski definition) is 3. The Hall–Kier alpha value is -0.610. The number of likely N-dealkylation sites (tertiary alicyclic amines) is 1. The van der Waals surface area contributed by atoms with Crippen molar-refractivity contribution in [1.82, 2.24) is 10.2 Å². The van der Waals surface area contributed by atoms with E-state index in [0.29, 0.717) is 23.2 Å². The lowest BCUT2D eigenvalue weighted by molar-refractivity contribution is -0.123. The lowest BCUT2D eigenvalue weighted by atomic mass is 9.84. The first kappa shape index (κ1) is 15.3. The lowest BCUT2D eigenvalue weighted by Gasteiger charge is -2.31. The largest absolute Gasteiger partial charge is 0.395 e. The molecule has 0 aromatic rings. The van der Waals surface area contributed by atoms with E-state index in [0.717, 1.165) is 45.4 Å². The number of β-amino-alcohol motifs (C(OH)–C–C–N with tert-alkyl or cyclic N) is 1. The maximum Gasteiger partial charge on any atom is 0.223 e. The molecule has 21 heavy (non-hydrogen) atoms. The van der Waals surface area contributed by atoms with Gasteiger partial charge >= 0.3 is 0 Å². The van der Waals surface area contributed by atoms with E-state index >= 15 is 0 Å². The van der Waals surface area contributed by atoms with Crippen LogP contribution in [0.1, 0.15) is 51.4 Å². The van der Waals surface area contributed by atoms with Crippen molar-refractivity contribution < 1.29 is 9.90 Å². The quantitative estimate of drug-likeness (QED) is 0.812. The van der Waals surface area contributed by atoms with E-state index in [-0.39, 0.29) is 6.61 Å². The van der Waals surface area contributed by atoms with Crippen LogP contribution in [0.25, 0.3) is 0 Å².